The summed E-state index contributed by atoms with van der Waals surface area (Å²) in [6.45, 7) is 1.85. The molecule has 0 aromatic heterocycles. The molecule has 4 heteroatoms. The third-order valence-corrected chi connectivity index (χ3v) is 2.58. The first-order valence-corrected chi connectivity index (χ1v) is 4.44. The third kappa shape index (κ3) is 1.99. The molecule has 1 fully saturated rings. The van der Waals surface area contributed by atoms with Gasteiger partial charge in [-0.15, -0.1) is 0 Å². The predicted octanol–water partition coefficient (Wildman–Crippen LogP) is 0.238. The van der Waals surface area contributed by atoms with Gasteiger partial charge in [0.1, 0.15) is 0 Å². The number of carbonyl (C=O) groups is 1. The van der Waals surface area contributed by atoms with Gasteiger partial charge in [0, 0.05) is 13.1 Å². The van der Waals surface area contributed by atoms with Crippen LogP contribution < -0.4 is 5.73 Å². The summed E-state index contributed by atoms with van der Waals surface area (Å²) in [6, 6.07) is 2.00. The summed E-state index contributed by atoms with van der Waals surface area (Å²) in [7, 11) is 1.71. The zero-order valence-corrected chi connectivity index (χ0v) is 8.08. The lowest BCUT2D eigenvalue weighted by atomic mass is 10.2. The number of nitriles is 1. The number of carbonyl (C=O) groups excluding carboxylic acids is 1. The lowest BCUT2D eigenvalue weighted by Gasteiger charge is -2.25. The molecule has 1 aliphatic rings. The van der Waals surface area contributed by atoms with Gasteiger partial charge in [-0.3, -0.25) is 4.79 Å². The van der Waals surface area contributed by atoms with Gasteiger partial charge in [0.15, 0.2) is 0 Å². The molecule has 1 amide bonds. The standard InChI is InChI=1S/C9H15N3O/c1-7(3-6-10)12(2)8(13)9(11)4-5-9/h7H,3-5,11H2,1-2H3. The van der Waals surface area contributed by atoms with Crippen molar-refractivity contribution in [1.82, 2.24) is 4.90 Å². The van der Waals surface area contributed by atoms with Crippen LogP contribution in [0.25, 0.3) is 0 Å². The van der Waals surface area contributed by atoms with E-state index >= 15 is 0 Å². The first kappa shape index (κ1) is 10.0. The molecule has 0 heterocycles. The summed E-state index contributed by atoms with van der Waals surface area (Å²) < 4.78 is 0. The first-order valence-electron chi connectivity index (χ1n) is 4.44. The molecule has 0 aliphatic heterocycles. The van der Waals surface area contributed by atoms with Gasteiger partial charge in [0.05, 0.1) is 18.0 Å². The Kier molecular flexibility index (Phi) is 2.58. The maximum atomic E-state index is 11.6. The molecule has 1 atom stereocenters. The van der Waals surface area contributed by atoms with E-state index in [2.05, 4.69) is 0 Å². The van der Waals surface area contributed by atoms with Gasteiger partial charge < -0.3 is 10.6 Å². The van der Waals surface area contributed by atoms with Crippen LogP contribution in [0.2, 0.25) is 0 Å². The summed E-state index contributed by atoms with van der Waals surface area (Å²) in [4.78, 5) is 13.2. The van der Waals surface area contributed by atoms with Gasteiger partial charge in [-0.25, -0.2) is 0 Å². The second-order valence-electron chi connectivity index (χ2n) is 3.78. The Bertz CT molecular complexity index is 252. The van der Waals surface area contributed by atoms with Crippen molar-refractivity contribution in [3.05, 3.63) is 0 Å². The Morgan fingerprint density at radius 2 is 2.31 bits per heavy atom. The summed E-state index contributed by atoms with van der Waals surface area (Å²) in [5.74, 6) is -0.0322. The van der Waals surface area contributed by atoms with Crippen molar-refractivity contribution in [2.24, 2.45) is 5.73 Å². The van der Waals surface area contributed by atoms with Crippen molar-refractivity contribution in [1.29, 1.82) is 5.26 Å². The van der Waals surface area contributed by atoms with Crippen molar-refractivity contribution >= 4 is 5.91 Å². The molecule has 0 radical (unpaired) electrons. The number of amides is 1. The molecule has 1 rings (SSSR count). The van der Waals surface area contributed by atoms with Crippen LogP contribution in [-0.4, -0.2) is 29.4 Å². The van der Waals surface area contributed by atoms with Gasteiger partial charge in [-0.1, -0.05) is 0 Å². The molecule has 72 valence electrons. The first-order chi connectivity index (χ1) is 6.01. The second-order valence-corrected chi connectivity index (χ2v) is 3.78. The quantitative estimate of drug-likeness (QED) is 0.678. The van der Waals surface area contributed by atoms with Crippen LogP contribution in [0.4, 0.5) is 0 Å². The van der Waals surface area contributed by atoms with Gasteiger partial charge >= 0.3 is 0 Å². The van der Waals surface area contributed by atoms with Crippen molar-refractivity contribution in [3.63, 3.8) is 0 Å². The van der Waals surface area contributed by atoms with E-state index in [1.165, 1.54) is 0 Å². The number of likely N-dealkylation sites (N-methyl/N-ethyl adjacent to an activating group) is 1. The van der Waals surface area contributed by atoms with Crippen LogP contribution in [0, 0.1) is 11.3 Å². The third-order valence-electron chi connectivity index (χ3n) is 2.58. The minimum Gasteiger partial charge on any atom is -0.340 e. The van der Waals surface area contributed by atoms with Crippen LogP contribution in [0.15, 0.2) is 0 Å². The molecule has 0 aromatic rings. The minimum atomic E-state index is -0.613. The lowest BCUT2D eigenvalue weighted by Crippen LogP contribution is -2.47. The maximum absolute atomic E-state index is 11.6. The van der Waals surface area contributed by atoms with Gasteiger partial charge in [0.2, 0.25) is 5.91 Å². The number of nitrogens with zero attached hydrogens (tertiary/aromatic N) is 2. The number of hydrogen-bond donors (Lipinski definition) is 1. The van der Waals surface area contributed by atoms with E-state index in [1.54, 1.807) is 11.9 Å². The Morgan fingerprint density at radius 3 is 2.69 bits per heavy atom. The van der Waals surface area contributed by atoms with Gasteiger partial charge in [-0.05, 0) is 19.8 Å². The van der Waals surface area contributed by atoms with E-state index in [-0.39, 0.29) is 11.9 Å². The number of nitrogens with two attached hydrogens (primary N) is 1. The topological polar surface area (TPSA) is 70.1 Å². The fourth-order valence-electron chi connectivity index (χ4n) is 1.17. The Morgan fingerprint density at radius 1 is 1.77 bits per heavy atom. The minimum absolute atomic E-state index is 0.0322. The van der Waals surface area contributed by atoms with Crippen molar-refractivity contribution in [3.8, 4) is 6.07 Å². The average Bonchev–Trinajstić information content (AvgIpc) is 2.83. The molecular formula is C9H15N3O. The summed E-state index contributed by atoms with van der Waals surface area (Å²) in [6.07, 6.45) is 1.91. The van der Waals surface area contributed by atoms with E-state index < -0.39 is 5.54 Å². The summed E-state index contributed by atoms with van der Waals surface area (Å²) >= 11 is 0. The molecule has 1 aliphatic carbocycles. The second kappa shape index (κ2) is 3.35. The van der Waals surface area contributed by atoms with Crippen LogP contribution in [-0.2, 0) is 4.79 Å². The molecule has 0 bridgehead atoms. The van der Waals surface area contributed by atoms with Crippen LogP contribution in [0.3, 0.4) is 0 Å². The number of hydrogen-bond acceptors (Lipinski definition) is 3. The smallest absolute Gasteiger partial charge is 0.242 e. The monoisotopic (exact) mass is 181 g/mol. The maximum Gasteiger partial charge on any atom is 0.242 e. The largest absolute Gasteiger partial charge is 0.340 e. The van der Waals surface area contributed by atoms with Crippen molar-refractivity contribution < 1.29 is 4.79 Å². The average molecular weight is 181 g/mol. The predicted molar refractivity (Wildman–Crippen MR) is 48.6 cm³/mol. The van der Waals surface area contributed by atoms with E-state index in [0.29, 0.717) is 6.42 Å². The Balaban J connectivity index is 2.52. The fraction of sp³-hybridized carbons (Fsp3) is 0.778. The van der Waals surface area contributed by atoms with E-state index in [4.69, 9.17) is 11.0 Å². The highest BCUT2D eigenvalue weighted by Crippen LogP contribution is 2.34. The van der Waals surface area contributed by atoms with Crippen molar-refractivity contribution in [2.75, 3.05) is 7.05 Å². The SMILES string of the molecule is CC(CC#N)N(C)C(=O)C1(N)CC1. The molecule has 1 unspecified atom stereocenters. The molecule has 13 heavy (non-hydrogen) atoms. The molecular weight excluding hydrogens is 166 g/mol. The summed E-state index contributed by atoms with van der Waals surface area (Å²) in [5, 5.41) is 8.47. The Labute approximate surface area is 78.3 Å². The van der Waals surface area contributed by atoms with Crippen LogP contribution >= 0.6 is 0 Å². The fourth-order valence-corrected chi connectivity index (χ4v) is 1.17. The normalized spacial score (nSPS) is 20.2. The summed E-state index contributed by atoms with van der Waals surface area (Å²) in [5.41, 5.74) is 5.14. The molecule has 2 N–H and O–H groups in total. The van der Waals surface area contributed by atoms with E-state index in [0.717, 1.165) is 12.8 Å². The lowest BCUT2D eigenvalue weighted by molar-refractivity contribution is -0.134. The number of rotatable bonds is 3. The zero-order valence-electron chi connectivity index (χ0n) is 8.08. The van der Waals surface area contributed by atoms with Gasteiger partial charge in [0.25, 0.3) is 0 Å². The van der Waals surface area contributed by atoms with E-state index in [1.807, 2.05) is 13.0 Å². The van der Waals surface area contributed by atoms with Crippen LogP contribution in [0.1, 0.15) is 26.2 Å². The van der Waals surface area contributed by atoms with E-state index in [9.17, 15) is 4.79 Å². The highest BCUT2D eigenvalue weighted by Gasteiger charge is 2.48. The zero-order chi connectivity index (χ0) is 10.1. The molecule has 0 aromatic carbocycles. The highest BCUT2D eigenvalue weighted by atomic mass is 16.2. The molecule has 0 spiro atoms. The molecule has 4 nitrogen and oxygen atoms in total. The Hall–Kier alpha value is -1.08. The van der Waals surface area contributed by atoms with Crippen molar-refractivity contribution in [2.45, 2.75) is 37.8 Å². The molecule has 0 saturated heterocycles. The molecule has 1 saturated carbocycles. The highest BCUT2D eigenvalue weighted by molar-refractivity contribution is 5.89. The van der Waals surface area contributed by atoms with Gasteiger partial charge in [-0.2, -0.15) is 5.26 Å². The van der Waals surface area contributed by atoms with Crippen LogP contribution in [0.5, 0.6) is 0 Å².